The molecule has 0 unspecified atom stereocenters. The normalized spacial score (nSPS) is 23.3. The van der Waals surface area contributed by atoms with Gasteiger partial charge in [-0.2, -0.15) is 5.26 Å². The fraction of sp³-hybridized carbons (Fsp3) is 0.588. The van der Waals surface area contributed by atoms with Gasteiger partial charge in [0.15, 0.2) is 6.29 Å². The summed E-state index contributed by atoms with van der Waals surface area (Å²) in [5.41, 5.74) is 0.652. The van der Waals surface area contributed by atoms with E-state index in [1.165, 1.54) is 12.8 Å². The van der Waals surface area contributed by atoms with Crippen LogP contribution in [0.5, 0.6) is 5.75 Å². The van der Waals surface area contributed by atoms with Crippen molar-refractivity contribution in [3.05, 3.63) is 29.8 Å². The van der Waals surface area contributed by atoms with Crippen LogP contribution in [0.2, 0.25) is 0 Å². The van der Waals surface area contributed by atoms with Crippen molar-refractivity contribution in [2.24, 2.45) is 0 Å². The highest BCUT2D eigenvalue weighted by atomic mass is 16.7. The van der Waals surface area contributed by atoms with Crippen LogP contribution >= 0.6 is 0 Å². The van der Waals surface area contributed by atoms with Crippen molar-refractivity contribution >= 4 is 0 Å². The van der Waals surface area contributed by atoms with Gasteiger partial charge in [-0.15, -0.1) is 0 Å². The largest absolute Gasteiger partial charge is 0.492 e. The zero-order valence-corrected chi connectivity index (χ0v) is 12.7. The molecular weight excluding hydrogens is 280 g/mol. The van der Waals surface area contributed by atoms with E-state index in [1.807, 2.05) is 12.1 Å². The highest BCUT2D eigenvalue weighted by Gasteiger charge is 2.33. The molecule has 5 heteroatoms. The molecule has 0 aliphatic carbocycles. The number of hydrogen-bond donors (Lipinski definition) is 0. The topological polar surface area (TPSA) is 54.7 Å². The lowest BCUT2D eigenvalue weighted by Gasteiger charge is -2.37. The first-order valence-corrected chi connectivity index (χ1v) is 7.97. The molecule has 1 aromatic carbocycles. The quantitative estimate of drug-likeness (QED) is 0.834. The number of rotatable bonds is 5. The average Bonchev–Trinajstić information content (AvgIpc) is 3.10. The molecule has 22 heavy (non-hydrogen) atoms. The number of hydrogen-bond acceptors (Lipinski definition) is 5. The SMILES string of the molecule is N#Cc1ccc(OCCN2CCCC[C@H]2C2OCCO2)cc1. The van der Waals surface area contributed by atoms with Crippen molar-refractivity contribution in [2.75, 3.05) is 32.9 Å². The minimum Gasteiger partial charge on any atom is -0.492 e. The summed E-state index contributed by atoms with van der Waals surface area (Å²) in [6.45, 7) is 3.99. The van der Waals surface area contributed by atoms with Gasteiger partial charge in [-0.1, -0.05) is 6.42 Å². The third kappa shape index (κ3) is 3.77. The van der Waals surface area contributed by atoms with E-state index in [9.17, 15) is 0 Å². The fourth-order valence-corrected chi connectivity index (χ4v) is 3.11. The van der Waals surface area contributed by atoms with Gasteiger partial charge in [0.25, 0.3) is 0 Å². The monoisotopic (exact) mass is 302 g/mol. The number of ether oxygens (including phenoxy) is 3. The van der Waals surface area contributed by atoms with Crippen LogP contribution in [-0.4, -0.2) is 50.1 Å². The Morgan fingerprint density at radius 3 is 2.68 bits per heavy atom. The molecule has 0 spiro atoms. The molecule has 0 saturated carbocycles. The van der Waals surface area contributed by atoms with Gasteiger partial charge in [0.05, 0.1) is 30.9 Å². The molecule has 2 aliphatic heterocycles. The zero-order valence-electron chi connectivity index (χ0n) is 12.7. The van der Waals surface area contributed by atoms with Crippen molar-refractivity contribution in [3.8, 4) is 11.8 Å². The standard InChI is InChI=1S/C17H22N2O3/c18-13-14-4-6-15(7-5-14)20-10-9-19-8-2-1-3-16(19)17-21-11-12-22-17/h4-7,16-17H,1-3,8-12H2/t16-/m0/s1. The van der Waals surface area contributed by atoms with Crippen LogP contribution in [0.4, 0.5) is 0 Å². The molecular formula is C17H22N2O3. The van der Waals surface area contributed by atoms with Gasteiger partial charge in [0, 0.05) is 6.54 Å². The van der Waals surface area contributed by atoms with Gasteiger partial charge in [0.2, 0.25) is 0 Å². The lowest BCUT2D eigenvalue weighted by molar-refractivity contribution is -0.110. The second kappa shape index (κ2) is 7.59. The predicted molar refractivity (Wildman–Crippen MR) is 81.6 cm³/mol. The van der Waals surface area contributed by atoms with Crippen LogP contribution in [0.25, 0.3) is 0 Å². The first-order valence-electron chi connectivity index (χ1n) is 7.97. The van der Waals surface area contributed by atoms with Crippen molar-refractivity contribution in [2.45, 2.75) is 31.6 Å². The summed E-state index contributed by atoms with van der Waals surface area (Å²) >= 11 is 0. The molecule has 0 radical (unpaired) electrons. The van der Waals surface area contributed by atoms with Gasteiger partial charge in [0.1, 0.15) is 12.4 Å². The van der Waals surface area contributed by atoms with Gasteiger partial charge in [-0.05, 0) is 43.7 Å². The lowest BCUT2D eigenvalue weighted by atomic mass is 10.0. The van der Waals surface area contributed by atoms with Crippen LogP contribution in [0, 0.1) is 11.3 Å². The number of nitriles is 1. The van der Waals surface area contributed by atoms with E-state index in [1.54, 1.807) is 12.1 Å². The van der Waals surface area contributed by atoms with E-state index in [0.717, 1.165) is 25.3 Å². The number of piperidine rings is 1. The Morgan fingerprint density at radius 2 is 1.95 bits per heavy atom. The van der Waals surface area contributed by atoms with Crippen molar-refractivity contribution in [1.82, 2.24) is 4.90 Å². The van der Waals surface area contributed by atoms with E-state index >= 15 is 0 Å². The Morgan fingerprint density at radius 1 is 1.18 bits per heavy atom. The second-order valence-corrected chi connectivity index (χ2v) is 5.69. The summed E-state index contributed by atoms with van der Waals surface area (Å²) in [6, 6.07) is 9.69. The third-order valence-electron chi connectivity index (χ3n) is 4.26. The summed E-state index contributed by atoms with van der Waals surface area (Å²) in [5, 5.41) is 8.79. The lowest BCUT2D eigenvalue weighted by Crippen LogP contribution is -2.48. The summed E-state index contributed by atoms with van der Waals surface area (Å²) in [6.07, 6.45) is 3.51. The molecule has 1 atom stereocenters. The van der Waals surface area contributed by atoms with E-state index in [4.69, 9.17) is 19.5 Å². The molecule has 5 nitrogen and oxygen atoms in total. The molecule has 2 fully saturated rings. The smallest absolute Gasteiger partial charge is 0.173 e. The Hall–Kier alpha value is -1.61. The van der Waals surface area contributed by atoms with Crippen molar-refractivity contribution < 1.29 is 14.2 Å². The Labute approximate surface area is 131 Å². The highest BCUT2D eigenvalue weighted by Crippen LogP contribution is 2.24. The maximum absolute atomic E-state index is 8.79. The number of likely N-dealkylation sites (tertiary alicyclic amines) is 1. The van der Waals surface area contributed by atoms with E-state index in [2.05, 4.69) is 11.0 Å². The van der Waals surface area contributed by atoms with Crippen LogP contribution < -0.4 is 4.74 Å². The van der Waals surface area contributed by atoms with Crippen LogP contribution in [-0.2, 0) is 9.47 Å². The molecule has 0 amide bonds. The molecule has 0 bridgehead atoms. The molecule has 2 aliphatic rings. The second-order valence-electron chi connectivity index (χ2n) is 5.69. The fourth-order valence-electron chi connectivity index (χ4n) is 3.11. The summed E-state index contributed by atoms with van der Waals surface area (Å²) in [5.74, 6) is 0.806. The first kappa shape index (κ1) is 15.3. The van der Waals surface area contributed by atoms with Gasteiger partial charge in [-0.25, -0.2) is 0 Å². The molecule has 3 rings (SSSR count). The highest BCUT2D eigenvalue weighted by molar-refractivity contribution is 5.34. The average molecular weight is 302 g/mol. The van der Waals surface area contributed by atoms with Crippen LogP contribution in [0.1, 0.15) is 24.8 Å². The van der Waals surface area contributed by atoms with Crippen molar-refractivity contribution in [3.63, 3.8) is 0 Å². The van der Waals surface area contributed by atoms with Gasteiger partial charge >= 0.3 is 0 Å². The predicted octanol–water partition coefficient (Wildman–Crippen LogP) is 2.16. The van der Waals surface area contributed by atoms with E-state index in [0.29, 0.717) is 31.4 Å². The Bertz CT molecular complexity index is 506. The third-order valence-corrected chi connectivity index (χ3v) is 4.26. The molecule has 1 aromatic rings. The molecule has 118 valence electrons. The van der Waals surface area contributed by atoms with Gasteiger partial charge in [-0.3, -0.25) is 4.90 Å². The summed E-state index contributed by atoms with van der Waals surface area (Å²) in [4.78, 5) is 2.42. The van der Waals surface area contributed by atoms with Crippen LogP contribution in [0.15, 0.2) is 24.3 Å². The minimum absolute atomic E-state index is 0.0739. The Balaban J connectivity index is 1.49. The zero-order chi connectivity index (χ0) is 15.2. The maximum atomic E-state index is 8.79. The first-order chi connectivity index (χ1) is 10.9. The summed E-state index contributed by atoms with van der Waals surface area (Å²) in [7, 11) is 0. The molecule has 2 heterocycles. The van der Waals surface area contributed by atoms with E-state index < -0.39 is 0 Å². The van der Waals surface area contributed by atoms with Gasteiger partial charge < -0.3 is 14.2 Å². The van der Waals surface area contributed by atoms with Crippen LogP contribution in [0.3, 0.4) is 0 Å². The van der Waals surface area contributed by atoms with Crippen molar-refractivity contribution in [1.29, 1.82) is 5.26 Å². The Kier molecular flexibility index (Phi) is 5.28. The summed E-state index contributed by atoms with van der Waals surface area (Å²) < 4.78 is 17.1. The molecule has 0 N–H and O–H groups in total. The minimum atomic E-state index is -0.0739. The van der Waals surface area contributed by atoms with E-state index in [-0.39, 0.29) is 6.29 Å². The maximum Gasteiger partial charge on any atom is 0.173 e. The molecule has 0 aromatic heterocycles. The number of benzene rings is 1. The molecule has 2 saturated heterocycles. The number of nitrogens with zero attached hydrogens (tertiary/aromatic N) is 2.